The molecule has 0 unspecified atom stereocenters. The number of hydrogen-bond donors (Lipinski definition) is 3. The molecule has 2 heterocycles. The van der Waals surface area contributed by atoms with E-state index in [0.29, 0.717) is 24.4 Å². The van der Waals surface area contributed by atoms with Crippen molar-refractivity contribution < 1.29 is 42.1 Å². The molecule has 0 radical (unpaired) electrons. The first-order chi connectivity index (χ1) is 16.3. The van der Waals surface area contributed by atoms with Gasteiger partial charge in [-0.05, 0) is 31.2 Å². The van der Waals surface area contributed by atoms with Crippen molar-refractivity contribution in [2.45, 2.75) is 31.3 Å². The average Bonchev–Trinajstić information content (AvgIpc) is 3.17. The monoisotopic (exact) mass is 504 g/mol. The van der Waals surface area contributed by atoms with Gasteiger partial charge in [-0.15, -0.1) is 0 Å². The number of alkyl halides is 3. The lowest BCUT2D eigenvalue weighted by molar-refractivity contribution is -0.192. The smallest absolute Gasteiger partial charge is 0.490 e. The van der Waals surface area contributed by atoms with Gasteiger partial charge in [0.15, 0.2) is 5.69 Å². The molecule has 1 saturated heterocycles. The minimum atomic E-state index is -5.08. The molecule has 3 rings (SSSR count). The molecule has 0 bridgehead atoms. The molecule has 2 aromatic rings. The molecule has 192 valence electrons. The van der Waals surface area contributed by atoms with Gasteiger partial charge < -0.3 is 20.3 Å². The number of likely N-dealkylation sites (N-methyl/N-ethyl adjacent to an activating group) is 1. The van der Waals surface area contributed by atoms with Gasteiger partial charge in [0.25, 0.3) is 11.5 Å². The van der Waals surface area contributed by atoms with Crippen LogP contribution in [0.1, 0.15) is 34.3 Å². The second-order valence-corrected chi connectivity index (χ2v) is 7.69. The highest BCUT2D eigenvalue weighted by Gasteiger charge is 2.38. The number of aromatic nitrogens is 2. The zero-order valence-corrected chi connectivity index (χ0v) is 19.0. The van der Waals surface area contributed by atoms with Gasteiger partial charge >= 0.3 is 12.1 Å². The van der Waals surface area contributed by atoms with Gasteiger partial charge in [0, 0.05) is 27.2 Å². The molecular weight excluding hydrogens is 480 g/mol. The molecule has 14 heteroatoms. The number of methoxy groups -OCH3 is 1. The Morgan fingerprint density at radius 3 is 2.29 bits per heavy atom. The lowest BCUT2D eigenvalue weighted by Gasteiger charge is -2.21. The first-order valence-electron chi connectivity index (χ1n) is 10.1. The number of benzene rings is 1. The number of carboxylic acid groups (broad SMARTS) is 1. The van der Waals surface area contributed by atoms with Gasteiger partial charge in [-0.1, -0.05) is 12.1 Å². The van der Waals surface area contributed by atoms with Crippen LogP contribution in [-0.4, -0.2) is 69.5 Å². The van der Waals surface area contributed by atoms with Crippen LogP contribution in [0.4, 0.5) is 17.6 Å². The number of rotatable bonds is 5. The van der Waals surface area contributed by atoms with Crippen LogP contribution in [-0.2, 0) is 23.1 Å². The number of hydrogen-bond acceptors (Lipinski definition) is 7. The summed E-state index contributed by atoms with van der Waals surface area (Å²) in [5.41, 5.74) is -0.336. The summed E-state index contributed by atoms with van der Waals surface area (Å²) in [5.74, 6) is -4.12. The molecule has 1 aliphatic heterocycles. The standard InChI is InChI=1S/C19H23FN4O4.C2HF3O2/c1-23-10-13(28-3)8-14(23)17-22-15(16(25)19(27)24(17)2)18(26)21-9-11-4-6-12(20)7-5-11;3-2(4,5)1(6)7/h4-7,13-14,25H,8-10H2,1-3H3,(H,21,26);(H,6,7)/t13-,14+;/m1./s1. The molecule has 0 aliphatic carbocycles. The third kappa shape index (κ3) is 6.99. The third-order valence-corrected chi connectivity index (χ3v) is 5.27. The van der Waals surface area contributed by atoms with Gasteiger partial charge in [-0.25, -0.2) is 14.2 Å². The summed E-state index contributed by atoms with van der Waals surface area (Å²) in [6, 6.07) is 5.44. The maximum Gasteiger partial charge on any atom is 0.490 e. The van der Waals surface area contributed by atoms with Crippen LogP contribution in [0, 0.1) is 5.82 Å². The van der Waals surface area contributed by atoms with Gasteiger partial charge in [0.2, 0.25) is 5.75 Å². The SMILES string of the molecule is CO[C@@H]1C[C@@H](c2nc(C(=O)NCc3ccc(F)cc3)c(O)c(=O)n2C)N(C)C1.O=C(O)C(F)(F)F. The number of nitrogens with one attached hydrogen (secondary N) is 1. The van der Waals surface area contributed by atoms with E-state index >= 15 is 0 Å². The molecule has 10 nitrogen and oxygen atoms in total. The summed E-state index contributed by atoms with van der Waals surface area (Å²) < 4.78 is 51.4. The van der Waals surface area contributed by atoms with Crippen LogP contribution in [0.5, 0.6) is 5.75 Å². The second kappa shape index (κ2) is 11.3. The summed E-state index contributed by atoms with van der Waals surface area (Å²) in [4.78, 5) is 40.2. The molecule has 1 aromatic heterocycles. The van der Waals surface area contributed by atoms with E-state index in [1.807, 2.05) is 11.9 Å². The lowest BCUT2D eigenvalue weighted by atomic mass is 10.1. The maximum absolute atomic E-state index is 13.0. The Bertz CT molecular complexity index is 1120. The zero-order valence-electron chi connectivity index (χ0n) is 19.0. The Morgan fingerprint density at radius 2 is 1.80 bits per heavy atom. The largest absolute Gasteiger partial charge is 0.501 e. The summed E-state index contributed by atoms with van der Waals surface area (Å²) >= 11 is 0. The number of likely N-dealkylation sites (tertiary alicyclic amines) is 1. The number of aliphatic carboxylic acids is 1. The number of nitrogens with zero attached hydrogens (tertiary/aromatic N) is 3. The van der Waals surface area contributed by atoms with Crippen molar-refractivity contribution in [2.24, 2.45) is 7.05 Å². The van der Waals surface area contributed by atoms with E-state index in [1.54, 1.807) is 7.11 Å². The Kier molecular flexibility index (Phi) is 8.93. The first-order valence-corrected chi connectivity index (χ1v) is 10.1. The van der Waals surface area contributed by atoms with Crippen molar-refractivity contribution in [3.63, 3.8) is 0 Å². The molecule has 3 N–H and O–H groups in total. The highest BCUT2D eigenvalue weighted by atomic mass is 19.4. The van der Waals surface area contributed by atoms with Gasteiger partial charge in [0.1, 0.15) is 11.6 Å². The van der Waals surface area contributed by atoms with E-state index in [-0.39, 0.29) is 30.2 Å². The molecule has 1 aromatic carbocycles. The predicted molar refractivity (Wildman–Crippen MR) is 113 cm³/mol. The highest BCUT2D eigenvalue weighted by molar-refractivity contribution is 5.94. The Hall–Kier alpha value is -3.52. The number of halogens is 4. The third-order valence-electron chi connectivity index (χ3n) is 5.27. The average molecular weight is 504 g/mol. The Morgan fingerprint density at radius 1 is 1.23 bits per heavy atom. The van der Waals surface area contributed by atoms with Crippen molar-refractivity contribution in [1.29, 1.82) is 0 Å². The number of carbonyl (C=O) groups excluding carboxylic acids is 1. The minimum Gasteiger partial charge on any atom is -0.501 e. The number of carbonyl (C=O) groups is 2. The predicted octanol–water partition coefficient (Wildman–Crippen LogP) is 1.58. The van der Waals surface area contributed by atoms with Crippen LogP contribution in [0.2, 0.25) is 0 Å². The summed E-state index contributed by atoms with van der Waals surface area (Å²) in [6.45, 7) is 0.782. The molecule has 0 saturated carbocycles. The number of carboxylic acids is 1. The lowest BCUT2D eigenvalue weighted by Crippen LogP contribution is -2.33. The molecule has 0 spiro atoms. The van der Waals surface area contributed by atoms with Gasteiger partial charge in [-0.2, -0.15) is 13.2 Å². The van der Waals surface area contributed by atoms with E-state index in [4.69, 9.17) is 14.6 Å². The molecule has 35 heavy (non-hydrogen) atoms. The van der Waals surface area contributed by atoms with Crippen molar-refractivity contribution in [2.75, 3.05) is 20.7 Å². The van der Waals surface area contributed by atoms with E-state index in [2.05, 4.69) is 10.3 Å². The van der Waals surface area contributed by atoms with Gasteiger partial charge in [0.05, 0.1) is 12.1 Å². The Balaban J connectivity index is 0.000000540. The maximum atomic E-state index is 13.0. The van der Waals surface area contributed by atoms with Crippen molar-refractivity contribution in [3.05, 3.63) is 57.5 Å². The fourth-order valence-corrected chi connectivity index (χ4v) is 3.36. The molecule has 1 amide bonds. The van der Waals surface area contributed by atoms with Crippen molar-refractivity contribution in [1.82, 2.24) is 19.8 Å². The molecular formula is C21H24F4N4O6. The van der Waals surface area contributed by atoms with Crippen molar-refractivity contribution in [3.8, 4) is 5.75 Å². The Labute approximate surface area is 196 Å². The zero-order chi connectivity index (χ0) is 26.5. The summed E-state index contributed by atoms with van der Waals surface area (Å²) in [6.07, 6.45) is -4.47. The van der Waals surface area contributed by atoms with E-state index in [9.17, 15) is 32.3 Å². The van der Waals surface area contributed by atoms with E-state index in [1.165, 1.54) is 35.9 Å². The highest BCUT2D eigenvalue weighted by Crippen LogP contribution is 2.30. The van der Waals surface area contributed by atoms with Crippen LogP contribution in [0.15, 0.2) is 29.1 Å². The quantitative estimate of drug-likeness (QED) is 0.523. The van der Waals surface area contributed by atoms with Crippen LogP contribution in [0.3, 0.4) is 0 Å². The number of amides is 1. The topological polar surface area (TPSA) is 134 Å². The van der Waals surface area contributed by atoms with E-state index < -0.39 is 29.4 Å². The molecule has 1 fully saturated rings. The van der Waals surface area contributed by atoms with Gasteiger partial charge in [-0.3, -0.25) is 19.1 Å². The normalized spacial score (nSPS) is 18.0. The van der Waals surface area contributed by atoms with Crippen LogP contribution in [0.25, 0.3) is 0 Å². The fraction of sp³-hybridized carbons (Fsp3) is 0.429. The van der Waals surface area contributed by atoms with Crippen LogP contribution >= 0.6 is 0 Å². The summed E-state index contributed by atoms with van der Waals surface area (Å²) in [7, 11) is 5.02. The van der Waals surface area contributed by atoms with Crippen LogP contribution < -0.4 is 10.9 Å². The number of aromatic hydroxyl groups is 1. The van der Waals surface area contributed by atoms with Crippen molar-refractivity contribution >= 4 is 11.9 Å². The van der Waals surface area contributed by atoms with E-state index in [0.717, 1.165) is 0 Å². The number of ether oxygens (including phenoxy) is 1. The molecule has 1 aliphatic rings. The molecule has 2 atom stereocenters. The minimum absolute atomic E-state index is 0.00328. The second-order valence-electron chi connectivity index (χ2n) is 7.69. The fourth-order valence-electron chi connectivity index (χ4n) is 3.36. The summed E-state index contributed by atoms with van der Waals surface area (Å²) in [5, 5.41) is 19.9. The first kappa shape index (κ1) is 27.7.